The summed E-state index contributed by atoms with van der Waals surface area (Å²) in [7, 11) is 0. The monoisotopic (exact) mass is 290 g/mol. The van der Waals surface area contributed by atoms with Gasteiger partial charge in [-0.25, -0.2) is 0 Å². The minimum Gasteiger partial charge on any atom is -0.311 e. The van der Waals surface area contributed by atoms with Crippen LogP contribution < -0.4 is 5.32 Å². The lowest BCUT2D eigenvalue weighted by Gasteiger charge is -2.41. The van der Waals surface area contributed by atoms with E-state index in [0.29, 0.717) is 6.04 Å². The zero-order valence-electron chi connectivity index (χ0n) is 12.4. The van der Waals surface area contributed by atoms with Crippen LogP contribution in [0, 0.1) is 5.92 Å². The van der Waals surface area contributed by atoms with Crippen molar-refractivity contribution in [2.24, 2.45) is 5.92 Å². The minimum absolute atomic E-state index is 0.711. The molecule has 2 nitrogen and oxygen atoms in total. The van der Waals surface area contributed by atoms with Gasteiger partial charge in [0.2, 0.25) is 0 Å². The molecule has 3 fully saturated rings. The Balaban J connectivity index is 1.56. The Morgan fingerprint density at radius 2 is 2.00 bits per heavy atom. The van der Waals surface area contributed by atoms with Crippen LogP contribution in [-0.2, 0) is 0 Å². The van der Waals surface area contributed by atoms with Crippen molar-refractivity contribution in [3.8, 4) is 0 Å². The maximum absolute atomic E-state index is 3.79. The van der Waals surface area contributed by atoms with E-state index in [9.17, 15) is 0 Å². The zero-order valence-corrected chi connectivity index (χ0v) is 13.2. The number of thiophene rings is 1. The van der Waals surface area contributed by atoms with Crippen molar-refractivity contribution < 1.29 is 0 Å². The van der Waals surface area contributed by atoms with Crippen LogP contribution in [0.4, 0.5) is 0 Å². The van der Waals surface area contributed by atoms with Crippen LogP contribution in [0.15, 0.2) is 17.5 Å². The average Bonchev–Trinajstić information content (AvgIpc) is 3.04. The highest BCUT2D eigenvalue weighted by Crippen LogP contribution is 2.47. The molecule has 110 valence electrons. The van der Waals surface area contributed by atoms with Gasteiger partial charge in [0.15, 0.2) is 0 Å². The Bertz CT molecular complexity index is 428. The van der Waals surface area contributed by atoms with Gasteiger partial charge in [-0.1, -0.05) is 13.0 Å². The Morgan fingerprint density at radius 1 is 1.25 bits per heavy atom. The maximum Gasteiger partial charge on any atom is 0.0472 e. The molecule has 2 saturated heterocycles. The highest BCUT2D eigenvalue weighted by Gasteiger charge is 2.42. The van der Waals surface area contributed by atoms with E-state index < -0.39 is 0 Å². The summed E-state index contributed by atoms with van der Waals surface area (Å²) in [6, 6.07) is 7.72. The summed E-state index contributed by atoms with van der Waals surface area (Å²) in [6.07, 6.45) is 8.45. The summed E-state index contributed by atoms with van der Waals surface area (Å²) in [5.74, 6) is 0.932. The number of nitrogens with zero attached hydrogens (tertiary/aromatic N) is 1. The van der Waals surface area contributed by atoms with E-state index in [1.807, 2.05) is 11.3 Å². The topological polar surface area (TPSA) is 15.3 Å². The third-order valence-corrected chi connectivity index (χ3v) is 6.49. The highest BCUT2D eigenvalue weighted by atomic mass is 32.1. The average molecular weight is 290 g/mol. The molecule has 4 rings (SSSR count). The predicted octanol–water partition coefficient (Wildman–Crippen LogP) is 3.80. The summed E-state index contributed by atoms with van der Waals surface area (Å²) in [6.45, 7) is 3.58. The molecule has 1 aromatic rings. The lowest BCUT2D eigenvalue weighted by molar-refractivity contribution is 0.0893. The van der Waals surface area contributed by atoms with Gasteiger partial charge in [-0.3, -0.25) is 4.90 Å². The third-order valence-electron chi connectivity index (χ3n) is 5.54. The molecule has 1 saturated carbocycles. The molecule has 3 atom stereocenters. The Kier molecular flexibility index (Phi) is 3.61. The number of rotatable bonds is 5. The number of nitrogens with one attached hydrogen (secondary N) is 1. The molecule has 0 spiro atoms. The van der Waals surface area contributed by atoms with Crippen LogP contribution in [0.1, 0.15) is 56.4 Å². The minimum atomic E-state index is 0.711. The SMILES string of the molecule is CCN(C1CC2CCC(C1)N2)C(c1cccs1)C1CC1. The lowest BCUT2D eigenvalue weighted by atomic mass is 9.95. The number of hydrogen-bond donors (Lipinski definition) is 1. The molecule has 2 aliphatic heterocycles. The van der Waals surface area contributed by atoms with Gasteiger partial charge in [-0.15, -0.1) is 11.3 Å². The van der Waals surface area contributed by atoms with Crippen molar-refractivity contribution in [2.75, 3.05) is 6.54 Å². The van der Waals surface area contributed by atoms with E-state index in [1.54, 1.807) is 4.88 Å². The first-order valence-corrected chi connectivity index (χ1v) is 9.28. The summed E-state index contributed by atoms with van der Waals surface area (Å²) in [4.78, 5) is 4.47. The third kappa shape index (κ3) is 2.44. The molecule has 1 aromatic heterocycles. The van der Waals surface area contributed by atoms with E-state index in [-0.39, 0.29) is 0 Å². The smallest absolute Gasteiger partial charge is 0.0472 e. The number of hydrogen-bond acceptors (Lipinski definition) is 3. The van der Waals surface area contributed by atoms with Gasteiger partial charge in [0, 0.05) is 29.0 Å². The summed E-state index contributed by atoms with van der Waals surface area (Å²) >= 11 is 1.97. The van der Waals surface area contributed by atoms with Gasteiger partial charge in [-0.2, -0.15) is 0 Å². The molecule has 0 aromatic carbocycles. The molecule has 3 aliphatic rings. The highest BCUT2D eigenvalue weighted by molar-refractivity contribution is 7.10. The second kappa shape index (κ2) is 5.43. The molecule has 3 heterocycles. The van der Waals surface area contributed by atoms with E-state index in [4.69, 9.17) is 0 Å². The first kappa shape index (κ1) is 13.3. The van der Waals surface area contributed by atoms with E-state index in [2.05, 4.69) is 34.7 Å². The molecule has 20 heavy (non-hydrogen) atoms. The zero-order chi connectivity index (χ0) is 13.5. The number of fused-ring (bicyclic) bond motifs is 2. The molecular formula is C17H26N2S. The van der Waals surface area contributed by atoms with Crippen LogP contribution in [0.25, 0.3) is 0 Å². The fourth-order valence-electron chi connectivity index (χ4n) is 4.52. The van der Waals surface area contributed by atoms with Crippen molar-refractivity contribution in [3.63, 3.8) is 0 Å². The molecule has 0 radical (unpaired) electrons. The summed E-state index contributed by atoms with van der Waals surface area (Å²) in [5.41, 5.74) is 0. The molecule has 2 bridgehead atoms. The largest absolute Gasteiger partial charge is 0.311 e. The predicted molar refractivity (Wildman–Crippen MR) is 85.1 cm³/mol. The maximum atomic E-state index is 3.79. The molecular weight excluding hydrogens is 264 g/mol. The Hall–Kier alpha value is -0.380. The normalized spacial score (nSPS) is 34.6. The first-order valence-electron chi connectivity index (χ1n) is 8.40. The lowest BCUT2D eigenvalue weighted by Crippen LogP contribution is -2.49. The van der Waals surface area contributed by atoms with Gasteiger partial charge in [0.05, 0.1) is 0 Å². The van der Waals surface area contributed by atoms with Gasteiger partial charge in [0.1, 0.15) is 0 Å². The standard InChI is InChI=1S/C17H26N2S/c1-2-19(15-10-13-7-8-14(11-15)18-13)17(12-5-6-12)16-4-3-9-20-16/h3-4,9,12-15,17-18H,2,5-8,10-11H2,1H3. The molecule has 0 amide bonds. The van der Waals surface area contributed by atoms with Gasteiger partial charge in [-0.05, 0) is 62.4 Å². The Labute approximate surface area is 126 Å². The second-order valence-corrected chi connectivity index (χ2v) is 7.87. The van der Waals surface area contributed by atoms with Crippen LogP contribution >= 0.6 is 11.3 Å². The summed E-state index contributed by atoms with van der Waals surface area (Å²) < 4.78 is 0. The molecule has 3 heteroatoms. The van der Waals surface area contributed by atoms with E-state index in [1.165, 1.54) is 45.1 Å². The van der Waals surface area contributed by atoms with Crippen LogP contribution in [0.5, 0.6) is 0 Å². The van der Waals surface area contributed by atoms with Crippen molar-refractivity contribution >= 4 is 11.3 Å². The van der Waals surface area contributed by atoms with Crippen molar-refractivity contribution in [2.45, 2.75) is 69.6 Å². The van der Waals surface area contributed by atoms with Crippen molar-refractivity contribution in [1.29, 1.82) is 0 Å². The van der Waals surface area contributed by atoms with Crippen LogP contribution in [0.3, 0.4) is 0 Å². The van der Waals surface area contributed by atoms with Crippen molar-refractivity contribution in [1.82, 2.24) is 10.2 Å². The second-order valence-electron chi connectivity index (χ2n) is 6.89. The Morgan fingerprint density at radius 3 is 2.55 bits per heavy atom. The fraction of sp³-hybridized carbons (Fsp3) is 0.765. The van der Waals surface area contributed by atoms with Gasteiger partial charge >= 0.3 is 0 Å². The van der Waals surface area contributed by atoms with Crippen LogP contribution in [0.2, 0.25) is 0 Å². The number of piperidine rings is 1. The first-order chi connectivity index (χ1) is 9.85. The van der Waals surface area contributed by atoms with Gasteiger partial charge < -0.3 is 5.32 Å². The molecule has 1 N–H and O–H groups in total. The summed E-state index contributed by atoms with van der Waals surface area (Å²) in [5, 5.41) is 6.05. The van der Waals surface area contributed by atoms with E-state index in [0.717, 1.165) is 24.0 Å². The fourth-order valence-corrected chi connectivity index (χ4v) is 5.46. The van der Waals surface area contributed by atoms with Gasteiger partial charge in [0.25, 0.3) is 0 Å². The molecule has 1 aliphatic carbocycles. The van der Waals surface area contributed by atoms with Crippen LogP contribution in [-0.4, -0.2) is 29.6 Å². The quantitative estimate of drug-likeness (QED) is 0.887. The molecule has 3 unspecified atom stereocenters. The van der Waals surface area contributed by atoms with E-state index >= 15 is 0 Å². The van der Waals surface area contributed by atoms with Crippen molar-refractivity contribution in [3.05, 3.63) is 22.4 Å².